The summed E-state index contributed by atoms with van der Waals surface area (Å²) < 4.78 is 25.9. The Morgan fingerprint density at radius 1 is 1.26 bits per heavy atom. The number of carbonyl (C=O) groups is 1. The topological polar surface area (TPSA) is 92.5 Å². The number of carbonyl (C=O) groups excluding carboxylic acids is 1. The fourth-order valence-corrected chi connectivity index (χ4v) is 3.51. The van der Waals surface area contributed by atoms with E-state index in [4.69, 9.17) is 5.73 Å². The lowest BCUT2D eigenvalue weighted by molar-refractivity contribution is -0.125. The lowest BCUT2D eigenvalue weighted by atomic mass is 9.81. The second-order valence-corrected chi connectivity index (χ2v) is 8.03. The molecule has 0 heterocycles. The second-order valence-electron chi connectivity index (χ2n) is 5.91. The third-order valence-corrected chi connectivity index (χ3v) is 6.39. The highest BCUT2D eigenvalue weighted by Crippen LogP contribution is 2.28. The molecule has 0 aliphatic carbocycles. The normalized spacial score (nSPS) is 12.5. The Balaban J connectivity index is 3.20. The number of hydrogen-bond donors (Lipinski definition) is 2. The molecule has 1 amide bonds. The maximum atomic E-state index is 12.6. The van der Waals surface area contributed by atoms with Crippen molar-refractivity contribution in [3.8, 4) is 0 Å². The van der Waals surface area contributed by atoms with Gasteiger partial charge in [0.1, 0.15) is 0 Å². The van der Waals surface area contributed by atoms with Gasteiger partial charge in [0.25, 0.3) is 0 Å². The van der Waals surface area contributed by atoms with Crippen LogP contribution in [0.25, 0.3) is 0 Å². The number of benzene rings is 1. The molecule has 1 rings (SSSR count). The Bertz CT molecular complexity index is 657. The minimum Gasteiger partial charge on any atom is -0.329 e. The van der Waals surface area contributed by atoms with Gasteiger partial charge in [-0.05, 0) is 37.5 Å². The van der Waals surface area contributed by atoms with Crippen LogP contribution in [0.3, 0.4) is 0 Å². The van der Waals surface area contributed by atoms with Gasteiger partial charge in [0.15, 0.2) is 0 Å². The maximum Gasteiger partial charge on any atom is 0.242 e. The number of hydrogen-bond acceptors (Lipinski definition) is 4. The summed E-state index contributed by atoms with van der Waals surface area (Å²) in [5.41, 5.74) is 6.24. The standard InChI is InChI=1S/C16H27N3O3S/c1-6-16(7-2,11-17)15(20)18-13-9-8-12(3)14(10-13)23(21,22)19(4)5/h8-10H,6-7,11,17H2,1-5H3,(H,18,20). The Morgan fingerprint density at radius 2 is 1.83 bits per heavy atom. The average molecular weight is 341 g/mol. The van der Waals surface area contributed by atoms with Crippen molar-refractivity contribution in [1.29, 1.82) is 0 Å². The lowest BCUT2D eigenvalue weighted by Gasteiger charge is -2.28. The van der Waals surface area contributed by atoms with Gasteiger partial charge in [0.05, 0.1) is 10.3 Å². The highest BCUT2D eigenvalue weighted by Gasteiger charge is 2.33. The van der Waals surface area contributed by atoms with Gasteiger partial charge in [0, 0.05) is 26.3 Å². The number of rotatable bonds is 7. The van der Waals surface area contributed by atoms with Crippen LogP contribution in [0, 0.1) is 12.3 Å². The first kappa shape index (κ1) is 19.6. The third kappa shape index (κ3) is 3.91. The van der Waals surface area contributed by atoms with Crippen molar-refractivity contribution in [3.63, 3.8) is 0 Å². The van der Waals surface area contributed by atoms with E-state index in [2.05, 4.69) is 5.32 Å². The van der Waals surface area contributed by atoms with E-state index < -0.39 is 15.4 Å². The van der Waals surface area contributed by atoms with Crippen LogP contribution in [0.2, 0.25) is 0 Å². The quantitative estimate of drug-likeness (QED) is 0.793. The molecule has 0 aliphatic heterocycles. The van der Waals surface area contributed by atoms with E-state index in [0.717, 1.165) is 4.31 Å². The van der Waals surface area contributed by atoms with Crippen molar-refractivity contribution >= 4 is 21.6 Å². The summed E-state index contributed by atoms with van der Waals surface area (Å²) in [4.78, 5) is 12.7. The van der Waals surface area contributed by atoms with Gasteiger partial charge in [-0.15, -0.1) is 0 Å². The van der Waals surface area contributed by atoms with E-state index >= 15 is 0 Å². The number of sulfonamides is 1. The van der Waals surface area contributed by atoms with Gasteiger partial charge in [0.2, 0.25) is 15.9 Å². The van der Waals surface area contributed by atoms with E-state index in [1.165, 1.54) is 20.2 Å². The molecule has 1 aromatic rings. The van der Waals surface area contributed by atoms with E-state index in [1.54, 1.807) is 19.1 Å². The molecular formula is C16H27N3O3S. The molecule has 0 unspecified atom stereocenters. The third-order valence-electron chi connectivity index (χ3n) is 4.43. The summed E-state index contributed by atoms with van der Waals surface area (Å²) in [6.45, 7) is 5.82. The number of nitrogens with one attached hydrogen (secondary N) is 1. The van der Waals surface area contributed by atoms with Crippen LogP contribution in [0.1, 0.15) is 32.3 Å². The monoisotopic (exact) mass is 341 g/mol. The van der Waals surface area contributed by atoms with Crippen molar-refractivity contribution in [2.24, 2.45) is 11.1 Å². The van der Waals surface area contributed by atoms with E-state index in [1.807, 2.05) is 13.8 Å². The van der Waals surface area contributed by atoms with Crippen molar-refractivity contribution in [3.05, 3.63) is 23.8 Å². The maximum absolute atomic E-state index is 12.6. The second kappa shape index (κ2) is 7.42. The SMILES string of the molecule is CCC(CC)(CN)C(=O)Nc1ccc(C)c(S(=O)(=O)N(C)C)c1. The van der Waals surface area contributed by atoms with Gasteiger partial charge in [-0.1, -0.05) is 19.9 Å². The molecule has 0 bridgehead atoms. The zero-order valence-electron chi connectivity index (χ0n) is 14.5. The van der Waals surface area contributed by atoms with E-state index in [9.17, 15) is 13.2 Å². The van der Waals surface area contributed by atoms with Crippen molar-refractivity contribution in [2.45, 2.75) is 38.5 Å². The summed E-state index contributed by atoms with van der Waals surface area (Å²) in [6, 6.07) is 4.89. The van der Waals surface area contributed by atoms with Crippen LogP contribution < -0.4 is 11.1 Å². The average Bonchev–Trinajstić information content (AvgIpc) is 2.51. The first-order chi connectivity index (χ1) is 10.6. The van der Waals surface area contributed by atoms with Crippen LogP contribution in [-0.2, 0) is 14.8 Å². The molecule has 7 heteroatoms. The van der Waals surface area contributed by atoms with Gasteiger partial charge < -0.3 is 11.1 Å². The highest BCUT2D eigenvalue weighted by molar-refractivity contribution is 7.89. The molecule has 0 aromatic heterocycles. The van der Waals surface area contributed by atoms with Gasteiger partial charge >= 0.3 is 0 Å². The summed E-state index contributed by atoms with van der Waals surface area (Å²) in [5.74, 6) is -0.179. The predicted octanol–water partition coefficient (Wildman–Crippen LogP) is 1.95. The zero-order chi connectivity index (χ0) is 17.8. The zero-order valence-corrected chi connectivity index (χ0v) is 15.3. The Morgan fingerprint density at radius 3 is 2.26 bits per heavy atom. The Kier molecular flexibility index (Phi) is 6.33. The van der Waals surface area contributed by atoms with E-state index in [0.29, 0.717) is 24.1 Å². The molecule has 6 nitrogen and oxygen atoms in total. The van der Waals surface area contributed by atoms with E-state index in [-0.39, 0.29) is 17.3 Å². The first-order valence-electron chi connectivity index (χ1n) is 7.69. The molecule has 0 saturated carbocycles. The predicted molar refractivity (Wildman–Crippen MR) is 92.8 cm³/mol. The molecule has 23 heavy (non-hydrogen) atoms. The molecule has 0 fully saturated rings. The Hall–Kier alpha value is -1.44. The van der Waals surface area contributed by atoms with Crippen molar-refractivity contribution in [1.82, 2.24) is 4.31 Å². The molecule has 1 aromatic carbocycles. The lowest BCUT2D eigenvalue weighted by Crippen LogP contribution is -2.41. The fraction of sp³-hybridized carbons (Fsp3) is 0.562. The minimum atomic E-state index is -3.56. The van der Waals surface area contributed by atoms with Gasteiger partial charge in [-0.25, -0.2) is 12.7 Å². The molecule has 0 saturated heterocycles. The van der Waals surface area contributed by atoms with Crippen LogP contribution >= 0.6 is 0 Å². The van der Waals surface area contributed by atoms with Crippen LogP contribution in [0.15, 0.2) is 23.1 Å². The highest BCUT2D eigenvalue weighted by atomic mass is 32.2. The van der Waals surface area contributed by atoms with Gasteiger partial charge in [-0.2, -0.15) is 0 Å². The minimum absolute atomic E-state index is 0.179. The summed E-state index contributed by atoms with van der Waals surface area (Å²) in [6.07, 6.45) is 1.25. The first-order valence-corrected chi connectivity index (χ1v) is 9.13. The summed E-state index contributed by atoms with van der Waals surface area (Å²) in [7, 11) is -0.601. The Labute approximate surface area is 139 Å². The van der Waals surface area contributed by atoms with Crippen LogP contribution in [0.5, 0.6) is 0 Å². The molecule has 0 aliphatic rings. The number of amides is 1. The molecule has 0 spiro atoms. The number of nitrogens with two attached hydrogens (primary N) is 1. The molecule has 0 radical (unpaired) electrons. The molecular weight excluding hydrogens is 314 g/mol. The van der Waals surface area contributed by atoms with Crippen LogP contribution in [0.4, 0.5) is 5.69 Å². The molecule has 3 N–H and O–H groups in total. The largest absolute Gasteiger partial charge is 0.329 e. The molecule has 130 valence electrons. The van der Waals surface area contributed by atoms with Crippen LogP contribution in [-0.4, -0.2) is 39.3 Å². The number of aryl methyl sites for hydroxylation is 1. The molecule has 0 atom stereocenters. The smallest absolute Gasteiger partial charge is 0.242 e. The number of anilines is 1. The van der Waals surface area contributed by atoms with Crippen molar-refractivity contribution < 1.29 is 13.2 Å². The van der Waals surface area contributed by atoms with Gasteiger partial charge in [-0.3, -0.25) is 4.79 Å². The van der Waals surface area contributed by atoms with Crippen molar-refractivity contribution in [2.75, 3.05) is 26.0 Å². The number of nitrogens with zero attached hydrogens (tertiary/aromatic N) is 1. The fourth-order valence-electron chi connectivity index (χ4n) is 2.37. The summed E-state index contributed by atoms with van der Waals surface area (Å²) >= 11 is 0. The summed E-state index contributed by atoms with van der Waals surface area (Å²) in [5, 5.41) is 2.81.